The Kier molecular flexibility index (Phi) is 5.78. The second-order valence-corrected chi connectivity index (χ2v) is 5.26. The molecule has 104 valence electrons. The molecule has 0 unspecified atom stereocenters. The van der Waals surface area contributed by atoms with Crippen molar-refractivity contribution in [2.75, 3.05) is 6.61 Å². The quantitative estimate of drug-likeness (QED) is 0.768. The number of nitrogens with zero attached hydrogens (tertiary/aromatic N) is 1. The fraction of sp³-hybridized carbons (Fsp3) is 0.533. The molecule has 0 aromatic heterocycles. The van der Waals surface area contributed by atoms with E-state index in [0.717, 1.165) is 19.3 Å². The van der Waals surface area contributed by atoms with Gasteiger partial charge in [0.15, 0.2) is 0 Å². The van der Waals surface area contributed by atoms with E-state index in [1.54, 1.807) is 6.07 Å². The van der Waals surface area contributed by atoms with E-state index in [0.29, 0.717) is 17.9 Å². The summed E-state index contributed by atoms with van der Waals surface area (Å²) in [7, 11) is 0. The van der Waals surface area contributed by atoms with Gasteiger partial charge in [-0.15, -0.1) is 0 Å². The van der Waals surface area contributed by atoms with Crippen LogP contribution in [0.25, 0.3) is 0 Å². The summed E-state index contributed by atoms with van der Waals surface area (Å²) in [5, 5.41) is 8.89. The van der Waals surface area contributed by atoms with Crippen molar-refractivity contribution >= 4 is 0 Å². The second kappa shape index (κ2) is 7.10. The molecule has 1 aromatic carbocycles. The summed E-state index contributed by atoms with van der Waals surface area (Å²) in [5.41, 5.74) is 5.94. The van der Waals surface area contributed by atoms with Crippen LogP contribution in [0.2, 0.25) is 0 Å². The average molecular weight is 264 g/mol. The van der Waals surface area contributed by atoms with Crippen LogP contribution in [0.3, 0.4) is 0 Å². The SMILES string of the molecule is CC(C)(C#N)CCCCOc1ccc(F)cc1CN. The Morgan fingerprint density at radius 2 is 2.11 bits per heavy atom. The molecule has 0 aliphatic rings. The molecule has 2 N–H and O–H groups in total. The lowest BCUT2D eigenvalue weighted by atomic mass is 9.89. The largest absolute Gasteiger partial charge is 0.493 e. The van der Waals surface area contributed by atoms with Crippen molar-refractivity contribution in [3.05, 3.63) is 29.6 Å². The Bertz CT molecular complexity index is 452. The minimum absolute atomic E-state index is 0.258. The third-order valence-corrected chi connectivity index (χ3v) is 3.00. The summed E-state index contributed by atoms with van der Waals surface area (Å²) in [6.07, 6.45) is 2.65. The molecule has 19 heavy (non-hydrogen) atoms. The summed E-state index contributed by atoms with van der Waals surface area (Å²) in [6.45, 7) is 4.68. The van der Waals surface area contributed by atoms with Crippen molar-refractivity contribution in [3.8, 4) is 11.8 Å². The predicted octanol–water partition coefficient (Wildman–Crippen LogP) is 3.38. The third-order valence-electron chi connectivity index (χ3n) is 3.00. The molecule has 1 rings (SSSR count). The van der Waals surface area contributed by atoms with Gasteiger partial charge in [-0.3, -0.25) is 0 Å². The molecule has 0 saturated carbocycles. The van der Waals surface area contributed by atoms with Gasteiger partial charge in [0.2, 0.25) is 0 Å². The predicted molar refractivity (Wildman–Crippen MR) is 73.0 cm³/mol. The zero-order valence-corrected chi connectivity index (χ0v) is 11.6. The maximum Gasteiger partial charge on any atom is 0.123 e. The smallest absolute Gasteiger partial charge is 0.123 e. The Morgan fingerprint density at radius 3 is 2.74 bits per heavy atom. The van der Waals surface area contributed by atoms with Crippen LogP contribution in [-0.2, 0) is 6.54 Å². The zero-order chi connectivity index (χ0) is 14.3. The molecule has 0 radical (unpaired) electrons. The van der Waals surface area contributed by atoms with Crippen molar-refractivity contribution in [1.29, 1.82) is 5.26 Å². The van der Waals surface area contributed by atoms with Gasteiger partial charge in [0.05, 0.1) is 18.1 Å². The van der Waals surface area contributed by atoms with Crippen molar-refractivity contribution in [3.63, 3.8) is 0 Å². The number of hydrogen-bond acceptors (Lipinski definition) is 3. The fourth-order valence-corrected chi connectivity index (χ4v) is 1.76. The molecular weight excluding hydrogens is 243 g/mol. The van der Waals surface area contributed by atoms with Crippen LogP contribution in [0.1, 0.15) is 38.7 Å². The van der Waals surface area contributed by atoms with E-state index in [2.05, 4.69) is 6.07 Å². The van der Waals surface area contributed by atoms with E-state index in [1.807, 2.05) is 13.8 Å². The van der Waals surface area contributed by atoms with Gasteiger partial charge in [-0.1, -0.05) is 0 Å². The highest BCUT2D eigenvalue weighted by molar-refractivity contribution is 5.33. The van der Waals surface area contributed by atoms with E-state index >= 15 is 0 Å². The van der Waals surface area contributed by atoms with E-state index in [-0.39, 0.29) is 17.8 Å². The van der Waals surface area contributed by atoms with E-state index in [4.69, 9.17) is 15.7 Å². The Labute approximate surface area is 114 Å². The van der Waals surface area contributed by atoms with Crippen LogP contribution < -0.4 is 10.5 Å². The third kappa shape index (κ3) is 5.27. The maximum absolute atomic E-state index is 13.0. The number of rotatable bonds is 7. The van der Waals surface area contributed by atoms with Crippen molar-refractivity contribution in [1.82, 2.24) is 0 Å². The summed E-state index contributed by atoms with van der Waals surface area (Å²) >= 11 is 0. The van der Waals surface area contributed by atoms with Crippen molar-refractivity contribution in [2.45, 2.75) is 39.7 Å². The van der Waals surface area contributed by atoms with Crippen LogP contribution in [0.4, 0.5) is 4.39 Å². The van der Waals surface area contributed by atoms with Gasteiger partial charge in [0, 0.05) is 12.1 Å². The van der Waals surface area contributed by atoms with Gasteiger partial charge >= 0.3 is 0 Å². The van der Waals surface area contributed by atoms with Crippen LogP contribution >= 0.6 is 0 Å². The first-order valence-electron chi connectivity index (χ1n) is 6.51. The number of ether oxygens (including phenoxy) is 1. The standard InChI is InChI=1S/C15H21FN2O/c1-15(2,11-18)7-3-4-8-19-14-6-5-13(16)9-12(14)10-17/h5-6,9H,3-4,7-8,10,17H2,1-2H3. The molecule has 0 fully saturated rings. The lowest BCUT2D eigenvalue weighted by Crippen LogP contribution is -2.09. The summed E-state index contributed by atoms with van der Waals surface area (Å²) in [5.74, 6) is 0.340. The molecule has 0 aliphatic carbocycles. The van der Waals surface area contributed by atoms with E-state index in [1.165, 1.54) is 12.1 Å². The Morgan fingerprint density at radius 1 is 1.37 bits per heavy atom. The highest BCUT2D eigenvalue weighted by atomic mass is 19.1. The van der Waals surface area contributed by atoms with E-state index < -0.39 is 0 Å². The number of hydrogen-bond donors (Lipinski definition) is 1. The second-order valence-electron chi connectivity index (χ2n) is 5.26. The lowest BCUT2D eigenvalue weighted by Gasteiger charge is -2.15. The van der Waals surface area contributed by atoms with Gasteiger partial charge in [0.25, 0.3) is 0 Å². The van der Waals surface area contributed by atoms with Gasteiger partial charge in [-0.05, 0) is 51.3 Å². The molecule has 1 aromatic rings. The van der Waals surface area contributed by atoms with Crippen molar-refractivity contribution in [2.24, 2.45) is 11.1 Å². The summed E-state index contributed by atoms with van der Waals surface area (Å²) < 4.78 is 18.6. The first-order valence-corrected chi connectivity index (χ1v) is 6.51. The Balaban J connectivity index is 2.36. The van der Waals surface area contributed by atoms with Crippen molar-refractivity contribution < 1.29 is 9.13 Å². The van der Waals surface area contributed by atoms with Gasteiger partial charge in [-0.2, -0.15) is 5.26 Å². The molecule has 4 heteroatoms. The lowest BCUT2D eigenvalue weighted by molar-refractivity contribution is 0.292. The molecule has 3 nitrogen and oxygen atoms in total. The van der Waals surface area contributed by atoms with Crippen LogP contribution in [0.15, 0.2) is 18.2 Å². The molecule has 0 atom stereocenters. The number of halogens is 1. The molecule has 0 saturated heterocycles. The molecule has 0 bridgehead atoms. The average Bonchev–Trinajstić information content (AvgIpc) is 2.39. The monoisotopic (exact) mass is 264 g/mol. The first kappa shape index (κ1) is 15.5. The number of nitriles is 1. The van der Waals surface area contributed by atoms with Crippen LogP contribution in [0.5, 0.6) is 5.75 Å². The zero-order valence-electron chi connectivity index (χ0n) is 11.6. The highest BCUT2D eigenvalue weighted by Crippen LogP contribution is 2.23. The van der Waals surface area contributed by atoms with Gasteiger partial charge in [0.1, 0.15) is 11.6 Å². The summed E-state index contributed by atoms with van der Waals surface area (Å²) in [4.78, 5) is 0. The topological polar surface area (TPSA) is 59.0 Å². The normalized spacial score (nSPS) is 11.1. The number of nitrogens with two attached hydrogens (primary N) is 1. The van der Waals surface area contributed by atoms with E-state index in [9.17, 15) is 4.39 Å². The highest BCUT2D eigenvalue weighted by Gasteiger charge is 2.15. The maximum atomic E-state index is 13.0. The van der Waals surface area contributed by atoms with Gasteiger partial charge < -0.3 is 10.5 Å². The molecule has 0 aliphatic heterocycles. The molecule has 0 spiro atoms. The number of unbranched alkanes of at least 4 members (excludes halogenated alkanes) is 1. The van der Waals surface area contributed by atoms with Gasteiger partial charge in [-0.25, -0.2) is 4.39 Å². The van der Waals surface area contributed by atoms with Crippen LogP contribution in [-0.4, -0.2) is 6.61 Å². The Hall–Kier alpha value is -1.60. The number of benzene rings is 1. The fourth-order valence-electron chi connectivity index (χ4n) is 1.76. The molecule has 0 heterocycles. The summed E-state index contributed by atoms with van der Waals surface area (Å²) in [6, 6.07) is 6.65. The van der Waals surface area contributed by atoms with Crippen LogP contribution in [0, 0.1) is 22.6 Å². The molecule has 0 amide bonds. The first-order chi connectivity index (χ1) is 8.98. The molecular formula is C15H21FN2O. The minimum Gasteiger partial charge on any atom is -0.493 e. The minimum atomic E-state index is -0.302.